The Hall–Kier alpha value is -0.720. The lowest BCUT2D eigenvalue weighted by Gasteiger charge is -2.16. The van der Waals surface area contributed by atoms with Gasteiger partial charge in [-0.3, -0.25) is 4.68 Å². The highest BCUT2D eigenvalue weighted by atomic mass is 79.9. The largest absolute Gasteiger partial charge is 0.307 e. The maximum atomic E-state index is 4.29. The van der Waals surface area contributed by atoms with Crippen LogP contribution in [0.2, 0.25) is 0 Å². The minimum absolute atomic E-state index is 0.134. The Bertz CT molecular complexity index is 471. The number of thiazole rings is 1. The molecule has 0 amide bonds. The molecule has 1 N–H and O–H groups in total. The van der Waals surface area contributed by atoms with Crippen molar-refractivity contribution in [2.45, 2.75) is 13.0 Å². The molecular formula is C10H13BrN4S. The molecule has 0 saturated carbocycles. The number of nitrogens with one attached hydrogen (secondary N) is 1. The van der Waals surface area contributed by atoms with E-state index >= 15 is 0 Å². The molecule has 2 heterocycles. The fourth-order valence-electron chi connectivity index (χ4n) is 1.72. The first kappa shape index (κ1) is 11.8. The van der Waals surface area contributed by atoms with E-state index in [2.05, 4.69) is 31.3 Å². The van der Waals surface area contributed by atoms with Gasteiger partial charge in [-0.1, -0.05) is 0 Å². The third kappa shape index (κ3) is 1.92. The SMILES string of the molecule is CNC(c1scnc1C)c1c(Br)cnn1C. The van der Waals surface area contributed by atoms with E-state index in [1.54, 1.807) is 11.3 Å². The lowest BCUT2D eigenvalue weighted by atomic mass is 10.1. The summed E-state index contributed by atoms with van der Waals surface area (Å²) in [5.74, 6) is 0. The average Bonchev–Trinajstić information content (AvgIpc) is 2.80. The fraction of sp³-hybridized carbons (Fsp3) is 0.400. The second-order valence-electron chi connectivity index (χ2n) is 3.53. The summed E-state index contributed by atoms with van der Waals surface area (Å²) in [5.41, 5.74) is 4.06. The van der Waals surface area contributed by atoms with Gasteiger partial charge in [0.15, 0.2) is 0 Å². The lowest BCUT2D eigenvalue weighted by molar-refractivity contribution is 0.608. The Morgan fingerprint density at radius 1 is 1.56 bits per heavy atom. The zero-order chi connectivity index (χ0) is 11.7. The summed E-state index contributed by atoms with van der Waals surface area (Å²) in [6, 6.07) is 0.134. The van der Waals surface area contributed by atoms with Gasteiger partial charge in [-0.25, -0.2) is 4.98 Å². The minimum atomic E-state index is 0.134. The van der Waals surface area contributed by atoms with Crippen LogP contribution in [0.1, 0.15) is 22.3 Å². The van der Waals surface area contributed by atoms with Crippen molar-refractivity contribution in [3.05, 3.63) is 32.4 Å². The number of aromatic nitrogens is 3. The summed E-state index contributed by atoms with van der Waals surface area (Å²) >= 11 is 5.19. The molecular weight excluding hydrogens is 288 g/mol. The summed E-state index contributed by atoms with van der Waals surface area (Å²) in [6.45, 7) is 2.03. The van der Waals surface area contributed by atoms with Gasteiger partial charge in [-0.15, -0.1) is 11.3 Å². The minimum Gasteiger partial charge on any atom is -0.307 e. The summed E-state index contributed by atoms with van der Waals surface area (Å²) in [5, 5.41) is 7.55. The van der Waals surface area contributed by atoms with E-state index in [1.807, 2.05) is 37.4 Å². The molecule has 6 heteroatoms. The van der Waals surface area contributed by atoms with Crippen LogP contribution in [0.5, 0.6) is 0 Å². The van der Waals surface area contributed by atoms with Crippen LogP contribution in [0.15, 0.2) is 16.2 Å². The predicted octanol–water partition coefficient (Wildman–Crippen LogP) is 2.26. The van der Waals surface area contributed by atoms with Crippen molar-refractivity contribution < 1.29 is 0 Å². The normalized spacial score (nSPS) is 13.0. The van der Waals surface area contributed by atoms with Gasteiger partial charge in [-0.05, 0) is 29.9 Å². The predicted molar refractivity (Wildman–Crippen MR) is 68.7 cm³/mol. The first-order valence-electron chi connectivity index (χ1n) is 4.89. The van der Waals surface area contributed by atoms with E-state index in [0.29, 0.717) is 0 Å². The summed E-state index contributed by atoms with van der Waals surface area (Å²) in [7, 11) is 3.89. The van der Waals surface area contributed by atoms with Gasteiger partial charge in [0.2, 0.25) is 0 Å². The monoisotopic (exact) mass is 300 g/mol. The molecule has 16 heavy (non-hydrogen) atoms. The second kappa shape index (κ2) is 4.65. The van der Waals surface area contributed by atoms with Crippen LogP contribution in [0, 0.1) is 6.92 Å². The molecule has 4 nitrogen and oxygen atoms in total. The Labute approximate surface area is 107 Å². The van der Waals surface area contributed by atoms with Gasteiger partial charge in [0.1, 0.15) is 0 Å². The molecule has 0 radical (unpaired) electrons. The highest BCUT2D eigenvalue weighted by Gasteiger charge is 2.22. The van der Waals surface area contributed by atoms with E-state index in [9.17, 15) is 0 Å². The van der Waals surface area contributed by atoms with Crippen molar-refractivity contribution >= 4 is 27.3 Å². The van der Waals surface area contributed by atoms with Gasteiger partial charge < -0.3 is 5.32 Å². The highest BCUT2D eigenvalue weighted by Crippen LogP contribution is 2.31. The second-order valence-corrected chi connectivity index (χ2v) is 5.27. The van der Waals surface area contributed by atoms with E-state index in [-0.39, 0.29) is 6.04 Å². The maximum Gasteiger partial charge on any atom is 0.0869 e. The van der Waals surface area contributed by atoms with E-state index in [1.165, 1.54) is 4.88 Å². The van der Waals surface area contributed by atoms with Crippen LogP contribution < -0.4 is 5.32 Å². The van der Waals surface area contributed by atoms with Crippen molar-refractivity contribution in [2.75, 3.05) is 7.05 Å². The summed E-state index contributed by atoms with van der Waals surface area (Å²) in [6.07, 6.45) is 1.82. The lowest BCUT2D eigenvalue weighted by Crippen LogP contribution is -2.20. The van der Waals surface area contributed by atoms with Gasteiger partial charge in [0.25, 0.3) is 0 Å². The quantitative estimate of drug-likeness (QED) is 0.945. The molecule has 0 aliphatic rings. The smallest absolute Gasteiger partial charge is 0.0869 e. The Kier molecular flexibility index (Phi) is 3.41. The van der Waals surface area contributed by atoms with Crippen molar-refractivity contribution in [3.63, 3.8) is 0 Å². The van der Waals surface area contributed by atoms with Crippen LogP contribution in [-0.2, 0) is 7.05 Å². The van der Waals surface area contributed by atoms with Gasteiger partial charge >= 0.3 is 0 Å². The summed E-state index contributed by atoms with van der Waals surface area (Å²) in [4.78, 5) is 5.52. The van der Waals surface area contributed by atoms with Gasteiger partial charge in [0, 0.05) is 7.05 Å². The highest BCUT2D eigenvalue weighted by molar-refractivity contribution is 9.10. The van der Waals surface area contributed by atoms with Crippen LogP contribution >= 0.6 is 27.3 Å². The molecule has 1 atom stereocenters. The molecule has 0 saturated heterocycles. The van der Waals surface area contributed by atoms with E-state index in [0.717, 1.165) is 15.9 Å². The van der Waals surface area contributed by atoms with Crippen molar-refractivity contribution in [1.29, 1.82) is 0 Å². The topological polar surface area (TPSA) is 42.7 Å². The van der Waals surface area contributed by atoms with Gasteiger partial charge in [0.05, 0.1) is 38.5 Å². The molecule has 2 aromatic rings. The number of hydrogen-bond acceptors (Lipinski definition) is 4. The first-order valence-corrected chi connectivity index (χ1v) is 6.57. The summed E-state index contributed by atoms with van der Waals surface area (Å²) < 4.78 is 2.90. The van der Waals surface area contributed by atoms with Crippen LogP contribution in [0.25, 0.3) is 0 Å². The third-order valence-electron chi connectivity index (χ3n) is 2.54. The van der Waals surface area contributed by atoms with Crippen LogP contribution in [-0.4, -0.2) is 21.8 Å². The fourth-order valence-corrected chi connectivity index (χ4v) is 3.22. The number of halogens is 1. The molecule has 2 rings (SSSR count). The molecule has 1 unspecified atom stereocenters. The van der Waals surface area contributed by atoms with E-state index < -0.39 is 0 Å². The van der Waals surface area contributed by atoms with Crippen LogP contribution in [0.4, 0.5) is 0 Å². The molecule has 2 aromatic heterocycles. The number of aryl methyl sites for hydroxylation is 2. The number of nitrogens with zero attached hydrogens (tertiary/aromatic N) is 3. The van der Waals surface area contributed by atoms with Crippen molar-refractivity contribution in [2.24, 2.45) is 7.05 Å². The van der Waals surface area contributed by atoms with Crippen molar-refractivity contribution in [1.82, 2.24) is 20.1 Å². The molecule has 0 spiro atoms. The van der Waals surface area contributed by atoms with Gasteiger partial charge in [-0.2, -0.15) is 5.10 Å². The molecule has 0 bridgehead atoms. The molecule has 0 aliphatic carbocycles. The standard InChI is InChI=1S/C10H13BrN4S/c1-6-10(16-5-13-6)8(12-2)9-7(11)4-14-15(9)3/h4-5,8,12H,1-3H3. The zero-order valence-electron chi connectivity index (χ0n) is 9.36. The number of hydrogen-bond donors (Lipinski definition) is 1. The Morgan fingerprint density at radius 2 is 2.31 bits per heavy atom. The first-order chi connectivity index (χ1) is 7.65. The third-order valence-corrected chi connectivity index (χ3v) is 4.15. The Morgan fingerprint density at radius 3 is 2.75 bits per heavy atom. The van der Waals surface area contributed by atoms with Crippen LogP contribution in [0.3, 0.4) is 0 Å². The molecule has 0 aliphatic heterocycles. The van der Waals surface area contributed by atoms with E-state index in [4.69, 9.17) is 0 Å². The Balaban J connectivity index is 2.49. The molecule has 0 fully saturated rings. The molecule has 86 valence electrons. The average molecular weight is 301 g/mol. The van der Waals surface area contributed by atoms with Crippen molar-refractivity contribution in [3.8, 4) is 0 Å². The molecule has 0 aromatic carbocycles. The number of rotatable bonds is 3. The maximum absolute atomic E-state index is 4.29. The zero-order valence-corrected chi connectivity index (χ0v) is 11.8.